The molecule has 2 N–H and O–H groups in total. The molecule has 0 bridgehead atoms. The van der Waals surface area contributed by atoms with Crippen LogP contribution in [0.2, 0.25) is 0 Å². The molecule has 0 rings (SSSR count). The number of hydrogen-bond acceptors (Lipinski definition) is 2. The molecule has 0 aliphatic rings. The van der Waals surface area contributed by atoms with Crippen LogP contribution in [-0.4, -0.2) is 16.8 Å². The maximum absolute atomic E-state index is 8.20. The van der Waals surface area contributed by atoms with Crippen molar-refractivity contribution < 1.29 is 10.2 Å². The Balaban J connectivity index is 0. The van der Waals surface area contributed by atoms with Crippen molar-refractivity contribution in [3.05, 3.63) is 12.3 Å². The maximum Gasteiger partial charge on any atom is 0.0751 e. The van der Waals surface area contributed by atoms with Gasteiger partial charge in [0.25, 0.3) is 0 Å². The van der Waals surface area contributed by atoms with Gasteiger partial charge in [0.1, 0.15) is 0 Å². The normalized spacial score (nSPS) is 9.58. The topological polar surface area (TPSA) is 40.5 Å². The van der Waals surface area contributed by atoms with Crippen LogP contribution in [0.15, 0.2) is 12.3 Å². The van der Waals surface area contributed by atoms with Gasteiger partial charge in [0, 0.05) is 6.61 Å². The lowest BCUT2D eigenvalue weighted by Crippen LogP contribution is -1.78. The van der Waals surface area contributed by atoms with Crippen molar-refractivity contribution in [2.75, 3.05) is 6.61 Å². The Kier molecular flexibility index (Phi) is 19.7. The van der Waals surface area contributed by atoms with E-state index in [-0.39, 0.29) is 0 Å². The summed E-state index contributed by atoms with van der Waals surface area (Å²) in [5, 5.41) is 16.2. The largest absolute Gasteiger partial charge is 0.516 e. The van der Waals surface area contributed by atoms with Gasteiger partial charge in [-0.1, -0.05) is 39.2 Å². The third-order valence-electron chi connectivity index (χ3n) is 1.32. The van der Waals surface area contributed by atoms with Gasteiger partial charge in [-0.2, -0.15) is 0 Å². The highest BCUT2D eigenvalue weighted by Gasteiger charge is 1.76. The molecule has 2 nitrogen and oxygen atoms in total. The van der Waals surface area contributed by atoms with Gasteiger partial charge < -0.3 is 10.2 Å². The highest BCUT2D eigenvalue weighted by Crippen LogP contribution is 1.89. The molecule has 0 aliphatic heterocycles. The summed E-state index contributed by atoms with van der Waals surface area (Å²) < 4.78 is 0. The summed E-state index contributed by atoms with van der Waals surface area (Å²) in [6.07, 6.45) is 8.24. The fourth-order valence-corrected chi connectivity index (χ4v) is 0.603. The second kappa shape index (κ2) is 16.8. The molecule has 0 aliphatic carbocycles. The minimum Gasteiger partial charge on any atom is -0.516 e. The zero-order valence-electron chi connectivity index (χ0n) is 8.29. The van der Waals surface area contributed by atoms with Gasteiger partial charge in [-0.05, 0) is 12.8 Å². The maximum atomic E-state index is 8.20. The van der Waals surface area contributed by atoms with E-state index >= 15 is 0 Å². The number of aliphatic hydroxyl groups excluding tert-OH is 2. The van der Waals surface area contributed by atoms with Gasteiger partial charge in [0.2, 0.25) is 0 Å². The molecule has 0 atom stereocenters. The van der Waals surface area contributed by atoms with Gasteiger partial charge in [-0.15, -0.1) is 0 Å². The third kappa shape index (κ3) is 22.7. The quantitative estimate of drug-likeness (QED) is 0.497. The minimum absolute atomic E-state index is 0.355. The Hall–Kier alpha value is -0.500. The molecule has 0 radical (unpaired) electrons. The van der Waals surface area contributed by atoms with Gasteiger partial charge in [-0.3, -0.25) is 0 Å². The molecule has 0 saturated heterocycles. The molecule has 0 aromatic carbocycles. The van der Waals surface area contributed by atoms with E-state index in [2.05, 4.69) is 13.8 Å². The van der Waals surface area contributed by atoms with E-state index in [9.17, 15) is 0 Å². The number of hydrogen-bond donors (Lipinski definition) is 2. The summed E-state index contributed by atoms with van der Waals surface area (Å²) in [6, 6.07) is 0. The van der Waals surface area contributed by atoms with Crippen LogP contribution < -0.4 is 0 Å². The first kappa shape index (κ1) is 14.0. The summed E-state index contributed by atoms with van der Waals surface area (Å²) >= 11 is 0. The Labute approximate surface area is 75.9 Å². The number of unbranched alkanes of at least 4 members (excludes halogenated alkanes) is 3. The molecule has 0 heterocycles. The molecule has 0 aromatic heterocycles. The molecule has 0 unspecified atom stereocenters. The Morgan fingerprint density at radius 3 is 1.92 bits per heavy atom. The molecular weight excluding hydrogens is 152 g/mol. The first-order valence-corrected chi connectivity index (χ1v) is 4.73. The molecule has 0 amide bonds. The highest BCUT2D eigenvalue weighted by molar-refractivity contribution is 4.69. The molecule has 2 heteroatoms. The Bertz CT molecular complexity index is 75.9. The molecule has 0 aromatic rings. The van der Waals surface area contributed by atoms with Crippen LogP contribution in [0.3, 0.4) is 0 Å². The van der Waals surface area contributed by atoms with Gasteiger partial charge in [0.15, 0.2) is 0 Å². The van der Waals surface area contributed by atoms with Gasteiger partial charge in [-0.25, -0.2) is 0 Å². The summed E-state index contributed by atoms with van der Waals surface area (Å²) in [7, 11) is 0. The van der Waals surface area contributed by atoms with Crippen LogP contribution in [-0.2, 0) is 0 Å². The third-order valence-corrected chi connectivity index (χ3v) is 1.32. The fourth-order valence-electron chi connectivity index (χ4n) is 0.603. The summed E-state index contributed by atoms with van der Waals surface area (Å²) in [5.74, 6) is 0. The first-order valence-electron chi connectivity index (χ1n) is 4.73. The van der Waals surface area contributed by atoms with E-state index in [1.54, 1.807) is 6.08 Å². The molecule has 0 fully saturated rings. The highest BCUT2D eigenvalue weighted by atomic mass is 16.3. The minimum atomic E-state index is 0.355. The standard InChI is InChI=1S/C5H12O.C5H10O/c2*1-2-3-4-5-6/h6H,2-5H2,1H3;4-6H,2-3H2,1H3. The van der Waals surface area contributed by atoms with Crippen LogP contribution in [0.25, 0.3) is 0 Å². The van der Waals surface area contributed by atoms with Crippen LogP contribution in [0.1, 0.15) is 46.0 Å². The Morgan fingerprint density at radius 2 is 1.75 bits per heavy atom. The van der Waals surface area contributed by atoms with Crippen molar-refractivity contribution in [3.63, 3.8) is 0 Å². The molecule has 0 saturated carbocycles. The van der Waals surface area contributed by atoms with Gasteiger partial charge >= 0.3 is 0 Å². The number of allylic oxidation sites excluding steroid dienone is 1. The average Bonchev–Trinajstić information content (AvgIpc) is 2.12. The lowest BCUT2D eigenvalue weighted by atomic mass is 10.3. The zero-order valence-corrected chi connectivity index (χ0v) is 8.29. The first-order chi connectivity index (χ1) is 5.83. The molecule has 74 valence electrons. The van der Waals surface area contributed by atoms with Crippen LogP contribution in [0.4, 0.5) is 0 Å². The SMILES string of the molecule is CCCC=CO.CCCCCO. The average molecular weight is 174 g/mol. The second-order valence-corrected chi connectivity index (χ2v) is 2.60. The van der Waals surface area contributed by atoms with Crippen LogP contribution in [0.5, 0.6) is 0 Å². The van der Waals surface area contributed by atoms with Crippen molar-refractivity contribution in [1.82, 2.24) is 0 Å². The summed E-state index contributed by atoms with van der Waals surface area (Å²) in [5.41, 5.74) is 0. The number of rotatable bonds is 5. The molecular formula is C10H22O2. The van der Waals surface area contributed by atoms with E-state index in [1.807, 2.05) is 0 Å². The monoisotopic (exact) mass is 174 g/mol. The fraction of sp³-hybridized carbons (Fsp3) is 0.800. The van der Waals surface area contributed by atoms with E-state index in [0.29, 0.717) is 6.61 Å². The van der Waals surface area contributed by atoms with E-state index < -0.39 is 0 Å². The van der Waals surface area contributed by atoms with E-state index in [4.69, 9.17) is 10.2 Å². The lowest BCUT2D eigenvalue weighted by molar-refractivity contribution is 0.284. The zero-order chi connectivity index (χ0) is 9.66. The number of aliphatic hydroxyl groups is 2. The lowest BCUT2D eigenvalue weighted by Gasteiger charge is -1.85. The van der Waals surface area contributed by atoms with Crippen molar-refractivity contribution in [1.29, 1.82) is 0 Å². The van der Waals surface area contributed by atoms with Crippen molar-refractivity contribution in [3.8, 4) is 0 Å². The van der Waals surface area contributed by atoms with Crippen molar-refractivity contribution in [2.45, 2.75) is 46.0 Å². The summed E-state index contributed by atoms with van der Waals surface area (Å²) in [6.45, 7) is 4.55. The summed E-state index contributed by atoms with van der Waals surface area (Å²) in [4.78, 5) is 0. The van der Waals surface area contributed by atoms with Crippen molar-refractivity contribution in [2.24, 2.45) is 0 Å². The van der Waals surface area contributed by atoms with Gasteiger partial charge in [0.05, 0.1) is 6.26 Å². The van der Waals surface area contributed by atoms with Crippen LogP contribution in [0, 0.1) is 0 Å². The Morgan fingerprint density at radius 1 is 1.08 bits per heavy atom. The predicted molar refractivity (Wildman–Crippen MR) is 53.3 cm³/mol. The smallest absolute Gasteiger partial charge is 0.0751 e. The van der Waals surface area contributed by atoms with Crippen LogP contribution >= 0.6 is 0 Å². The van der Waals surface area contributed by atoms with E-state index in [1.165, 1.54) is 6.42 Å². The predicted octanol–water partition coefficient (Wildman–Crippen LogP) is 3.03. The second-order valence-electron chi connectivity index (χ2n) is 2.60. The van der Waals surface area contributed by atoms with Crippen molar-refractivity contribution >= 4 is 0 Å². The molecule has 0 spiro atoms. The molecule has 12 heavy (non-hydrogen) atoms. The van der Waals surface area contributed by atoms with E-state index in [0.717, 1.165) is 31.9 Å².